The molecule has 0 unspecified atom stereocenters. The van der Waals surface area contributed by atoms with Crippen LogP contribution in [0.4, 0.5) is 0 Å². The van der Waals surface area contributed by atoms with Gasteiger partial charge >= 0.3 is 18.9 Å². The zero-order chi connectivity index (χ0) is 10.7. The minimum absolute atomic E-state index is 0. The quantitative estimate of drug-likeness (QED) is 0.299. The number of nitrogens with one attached hydrogen (secondary N) is 1. The first-order valence-electron chi connectivity index (χ1n) is 3.56. The van der Waals surface area contributed by atoms with Gasteiger partial charge in [0.15, 0.2) is 0 Å². The number of rotatable bonds is 4. The molecule has 0 aliphatic rings. The summed E-state index contributed by atoms with van der Waals surface area (Å²) in [5.74, 6) is -1.01. The third kappa shape index (κ3) is 8.32. The van der Waals surface area contributed by atoms with Gasteiger partial charge in [0.1, 0.15) is 0 Å². The van der Waals surface area contributed by atoms with Crippen molar-refractivity contribution in [3.8, 4) is 0 Å². The van der Waals surface area contributed by atoms with Crippen LogP contribution in [0, 0.1) is 0 Å². The first-order valence-corrected chi connectivity index (χ1v) is 5.17. The Labute approximate surface area is 97.4 Å². The van der Waals surface area contributed by atoms with Gasteiger partial charge in [0.25, 0.3) is 10.1 Å². The molecule has 0 heterocycles. The average Bonchev–Trinajstić information content (AvgIpc) is 1.80. The molecule has 1 amide bonds. The predicted octanol–water partition coefficient (Wildman–Crippen LogP) is -2.93. The van der Waals surface area contributed by atoms with Crippen LogP contribution in [0.5, 0.6) is 0 Å². The van der Waals surface area contributed by atoms with Crippen molar-refractivity contribution in [3.63, 3.8) is 0 Å². The minimum atomic E-state index is -4.08. The fraction of sp³-hybridized carbons (Fsp3) is 0.571. The Morgan fingerprint density at radius 3 is 2.36 bits per heavy atom. The van der Waals surface area contributed by atoms with Crippen LogP contribution in [0.1, 0.15) is 15.3 Å². The molecule has 0 aromatic heterocycles. The van der Waals surface area contributed by atoms with Crippen LogP contribution >= 0.6 is 0 Å². The van der Waals surface area contributed by atoms with E-state index in [2.05, 4.69) is 11.9 Å². The molecule has 0 bridgehead atoms. The van der Waals surface area contributed by atoms with Crippen LogP contribution in [-0.2, 0) is 14.9 Å². The van der Waals surface area contributed by atoms with E-state index in [-0.39, 0.29) is 20.3 Å². The molecule has 0 aromatic carbocycles. The SMILES string of the molecule is C=CC(=O)NC(C)(C)CS(=O)(=O)O.[H-].[Li+]. The van der Waals surface area contributed by atoms with E-state index in [4.69, 9.17) is 4.55 Å². The smallest absolute Gasteiger partial charge is 1.00 e. The zero-order valence-corrected chi connectivity index (χ0v) is 9.39. The van der Waals surface area contributed by atoms with Crippen molar-refractivity contribution >= 4 is 16.0 Å². The molecule has 0 saturated carbocycles. The summed E-state index contributed by atoms with van der Waals surface area (Å²) in [7, 11) is -4.08. The van der Waals surface area contributed by atoms with Crippen molar-refractivity contribution < 1.29 is 38.1 Å². The first kappa shape index (κ1) is 16.2. The van der Waals surface area contributed by atoms with Crippen molar-refractivity contribution in [3.05, 3.63) is 12.7 Å². The van der Waals surface area contributed by atoms with E-state index >= 15 is 0 Å². The van der Waals surface area contributed by atoms with E-state index in [1.807, 2.05) is 0 Å². The largest absolute Gasteiger partial charge is 1.00 e. The summed E-state index contributed by atoms with van der Waals surface area (Å²) in [6, 6.07) is 0. The molecule has 78 valence electrons. The topological polar surface area (TPSA) is 83.5 Å². The van der Waals surface area contributed by atoms with E-state index < -0.39 is 27.3 Å². The molecule has 0 aromatic rings. The van der Waals surface area contributed by atoms with Gasteiger partial charge in [-0.3, -0.25) is 9.35 Å². The van der Waals surface area contributed by atoms with Crippen molar-refractivity contribution in [1.82, 2.24) is 5.32 Å². The van der Waals surface area contributed by atoms with Gasteiger partial charge in [0, 0.05) is 0 Å². The van der Waals surface area contributed by atoms with Gasteiger partial charge in [-0.05, 0) is 19.9 Å². The molecule has 7 heteroatoms. The van der Waals surface area contributed by atoms with Crippen molar-refractivity contribution in [2.24, 2.45) is 0 Å². The number of carbonyl (C=O) groups is 1. The first-order chi connectivity index (χ1) is 5.66. The number of carbonyl (C=O) groups excluding carboxylic acids is 1. The van der Waals surface area contributed by atoms with E-state index in [0.29, 0.717) is 0 Å². The second-order valence-electron chi connectivity index (χ2n) is 3.30. The third-order valence-electron chi connectivity index (χ3n) is 1.19. The maximum absolute atomic E-state index is 10.8. The molecule has 0 fully saturated rings. The standard InChI is InChI=1S/C7H13NO4S.Li.H/c1-4-6(9)8-7(2,3)5-13(10,11)12;;/h4H,1,5H2,2-3H3,(H,8,9)(H,10,11,12);;/q;+1;-1. The average molecular weight is 215 g/mol. The summed E-state index contributed by atoms with van der Waals surface area (Å²) in [5.41, 5.74) is -1.00. The molecule has 0 aliphatic carbocycles. The van der Waals surface area contributed by atoms with Gasteiger partial charge in [-0.1, -0.05) is 6.58 Å². The monoisotopic (exact) mass is 215 g/mol. The summed E-state index contributed by atoms with van der Waals surface area (Å²) in [6.07, 6.45) is 1.03. The summed E-state index contributed by atoms with van der Waals surface area (Å²) in [6.45, 7) is 6.19. The molecular formula is C7H14LiNO4S. The fourth-order valence-corrected chi connectivity index (χ4v) is 1.86. The molecule has 0 aliphatic heterocycles. The molecule has 0 saturated heterocycles. The van der Waals surface area contributed by atoms with Crippen molar-refractivity contribution in [1.29, 1.82) is 0 Å². The predicted molar refractivity (Wildman–Crippen MR) is 49.9 cm³/mol. The maximum Gasteiger partial charge on any atom is 1.00 e. The van der Waals surface area contributed by atoms with Gasteiger partial charge in [-0.25, -0.2) is 0 Å². The summed E-state index contributed by atoms with van der Waals surface area (Å²) in [4.78, 5) is 10.8. The van der Waals surface area contributed by atoms with Crippen LogP contribution in [0.2, 0.25) is 0 Å². The Hall–Kier alpha value is -0.283. The Morgan fingerprint density at radius 2 is 2.07 bits per heavy atom. The molecule has 0 radical (unpaired) electrons. The Morgan fingerprint density at radius 1 is 1.64 bits per heavy atom. The molecule has 0 rings (SSSR count). The Kier molecular flexibility index (Phi) is 6.42. The molecular weight excluding hydrogens is 201 g/mol. The molecule has 0 atom stereocenters. The maximum atomic E-state index is 10.8. The van der Waals surface area contributed by atoms with Gasteiger partial charge in [0.2, 0.25) is 5.91 Å². The van der Waals surface area contributed by atoms with E-state index in [9.17, 15) is 13.2 Å². The second kappa shape index (κ2) is 5.56. The third-order valence-corrected chi connectivity index (χ3v) is 2.28. The summed E-state index contributed by atoms with van der Waals surface area (Å²) in [5, 5.41) is 2.37. The Balaban J connectivity index is -0.000000720. The fourth-order valence-electron chi connectivity index (χ4n) is 0.877. The van der Waals surface area contributed by atoms with Crippen LogP contribution in [-0.4, -0.2) is 30.2 Å². The van der Waals surface area contributed by atoms with E-state index in [0.717, 1.165) is 6.08 Å². The molecule has 5 nitrogen and oxygen atoms in total. The summed E-state index contributed by atoms with van der Waals surface area (Å²) >= 11 is 0. The van der Waals surface area contributed by atoms with Gasteiger partial charge in [-0.2, -0.15) is 8.42 Å². The Bertz CT molecular complexity index is 315. The minimum Gasteiger partial charge on any atom is -1.00 e. The summed E-state index contributed by atoms with van der Waals surface area (Å²) < 4.78 is 29.5. The van der Waals surface area contributed by atoms with Gasteiger partial charge < -0.3 is 6.74 Å². The van der Waals surface area contributed by atoms with Crippen LogP contribution < -0.4 is 24.2 Å². The molecule has 2 N–H and O–H groups in total. The van der Waals surface area contributed by atoms with Crippen LogP contribution in [0.3, 0.4) is 0 Å². The number of amides is 1. The van der Waals surface area contributed by atoms with Crippen LogP contribution in [0.25, 0.3) is 0 Å². The van der Waals surface area contributed by atoms with E-state index in [1.54, 1.807) is 0 Å². The second-order valence-corrected chi connectivity index (χ2v) is 4.76. The van der Waals surface area contributed by atoms with Crippen molar-refractivity contribution in [2.45, 2.75) is 19.4 Å². The zero-order valence-electron chi connectivity index (χ0n) is 9.57. The molecule has 14 heavy (non-hydrogen) atoms. The van der Waals surface area contributed by atoms with Crippen molar-refractivity contribution in [2.75, 3.05) is 5.75 Å². The normalized spacial score (nSPS) is 11.4. The number of hydrogen-bond acceptors (Lipinski definition) is 3. The van der Waals surface area contributed by atoms with Crippen LogP contribution in [0.15, 0.2) is 12.7 Å². The van der Waals surface area contributed by atoms with Gasteiger partial charge in [0.05, 0.1) is 11.3 Å². The van der Waals surface area contributed by atoms with E-state index in [1.165, 1.54) is 13.8 Å². The molecule has 0 spiro atoms. The number of hydrogen-bond donors (Lipinski definition) is 2. The van der Waals surface area contributed by atoms with Gasteiger partial charge in [-0.15, -0.1) is 0 Å².